The molecule has 1 aliphatic carbocycles. The molecular formula is C16H27N3S. The topological polar surface area (TPSA) is 28.2 Å². The number of hydrogen-bond donors (Lipinski definition) is 1. The average molecular weight is 293 g/mol. The highest BCUT2D eigenvalue weighted by Gasteiger charge is 2.26. The molecule has 0 radical (unpaired) electrons. The summed E-state index contributed by atoms with van der Waals surface area (Å²) in [4.78, 5) is 9.13. The first-order valence-electron chi connectivity index (χ1n) is 8.33. The van der Waals surface area contributed by atoms with Crippen LogP contribution in [0.15, 0.2) is 0 Å². The third-order valence-electron chi connectivity index (χ3n) is 4.50. The lowest BCUT2D eigenvalue weighted by Gasteiger charge is -2.26. The van der Waals surface area contributed by atoms with E-state index in [1.54, 1.807) is 4.88 Å². The van der Waals surface area contributed by atoms with Crippen LogP contribution in [-0.2, 0) is 6.42 Å². The maximum atomic E-state index is 5.04. The minimum Gasteiger partial charge on any atom is -0.348 e. The monoisotopic (exact) mass is 293 g/mol. The standard InChI is InChI=1S/C16H27N3S/c1-2-9-17-12-13-7-6-8-14-15(13)18-16(20-14)19-10-4-3-5-11-19/h13,17H,2-12H2,1H3. The first kappa shape index (κ1) is 14.3. The maximum Gasteiger partial charge on any atom is 0.185 e. The first-order chi connectivity index (χ1) is 9.88. The van der Waals surface area contributed by atoms with Crippen LogP contribution in [0.3, 0.4) is 0 Å². The van der Waals surface area contributed by atoms with Crippen molar-refractivity contribution < 1.29 is 0 Å². The Morgan fingerprint density at radius 2 is 2.10 bits per heavy atom. The summed E-state index contributed by atoms with van der Waals surface area (Å²) in [5.74, 6) is 0.653. The molecule has 4 heteroatoms. The number of anilines is 1. The highest BCUT2D eigenvalue weighted by atomic mass is 32.1. The number of aromatic nitrogens is 1. The summed E-state index contributed by atoms with van der Waals surface area (Å²) in [5, 5.41) is 4.89. The van der Waals surface area contributed by atoms with Crippen LogP contribution < -0.4 is 10.2 Å². The van der Waals surface area contributed by atoms with E-state index in [9.17, 15) is 0 Å². The Balaban J connectivity index is 1.70. The average Bonchev–Trinajstić information content (AvgIpc) is 2.93. The first-order valence-corrected chi connectivity index (χ1v) is 9.15. The highest BCUT2D eigenvalue weighted by Crippen LogP contribution is 2.38. The molecule has 1 atom stereocenters. The molecule has 1 N–H and O–H groups in total. The van der Waals surface area contributed by atoms with Gasteiger partial charge < -0.3 is 10.2 Å². The van der Waals surface area contributed by atoms with Gasteiger partial charge in [0.05, 0.1) is 5.69 Å². The van der Waals surface area contributed by atoms with Gasteiger partial charge in [0.15, 0.2) is 5.13 Å². The van der Waals surface area contributed by atoms with Gasteiger partial charge in [-0.25, -0.2) is 4.98 Å². The fraction of sp³-hybridized carbons (Fsp3) is 0.812. The lowest BCUT2D eigenvalue weighted by molar-refractivity contribution is 0.500. The summed E-state index contributed by atoms with van der Waals surface area (Å²) in [7, 11) is 0. The highest BCUT2D eigenvalue weighted by molar-refractivity contribution is 7.15. The second-order valence-electron chi connectivity index (χ2n) is 6.15. The molecule has 0 bridgehead atoms. The molecule has 2 aliphatic rings. The van der Waals surface area contributed by atoms with Gasteiger partial charge in [0.2, 0.25) is 0 Å². The fourth-order valence-corrected chi connectivity index (χ4v) is 4.61. The Bertz CT molecular complexity index is 423. The summed E-state index contributed by atoms with van der Waals surface area (Å²) >= 11 is 1.97. The Morgan fingerprint density at radius 1 is 1.25 bits per heavy atom. The van der Waals surface area contributed by atoms with Crippen LogP contribution >= 0.6 is 11.3 Å². The number of aryl methyl sites for hydroxylation is 1. The van der Waals surface area contributed by atoms with E-state index in [1.165, 1.54) is 68.9 Å². The normalized spacial score (nSPS) is 22.9. The molecule has 0 aromatic carbocycles. The minimum atomic E-state index is 0.653. The van der Waals surface area contributed by atoms with Gasteiger partial charge in [-0.05, 0) is 51.5 Å². The number of hydrogen-bond acceptors (Lipinski definition) is 4. The van der Waals surface area contributed by atoms with Crippen LogP contribution in [-0.4, -0.2) is 31.2 Å². The van der Waals surface area contributed by atoms with Crippen LogP contribution in [0.25, 0.3) is 0 Å². The molecule has 1 aromatic rings. The van der Waals surface area contributed by atoms with Crippen molar-refractivity contribution in [1.82, 2.24) is 10.3 Å². The molecule has 1 unspecified atom stereocenters. The van der Waals surface area contributed by atoms with Gasteiger partial charge in [-0.2, -0.15) is 0 Å². The summed E-state index contributed by atoms with van der Waals surface area (Å²) in [6.45, 7) is 6.91. The van der Waals surface area contributed by atoms with E-state index in [0.717, 1.165) is 13.1 Å². The molecule has 112 valence electrons. The lowest BCUT2D eigenvalue weighted by atomic mass is 9.91. The van der Waals surface area contributed by atoms with Gasteiger partial charge in [-0.1, -0.05) is 6.92 Å². The van der Waals surface area contributed by atoms with Crippen LogP contribution in [0.4, 0.5) is 5.13 Å². The third kappa shape index (κ3) is 3.17. The SMILES string of the molecule is CCCNCC1CCCc2sc(N3CCCCC3)nc21. The number of fused-ring (bicyclic) bond motifs is 1. The summed E-state index contributed by atoms with van der Waals surface area (Å²) in [6, 6.07) is 0. The third-order valence-corrected chi connectivity index (χ3v) is 5.70. The van der Waals surface area contributed by atoms with Crippen molar-refractivity contribution in [3.63, 3.8) is 0 Å². The molecule has 2 heterocycles. The van der Waals surface area contributed by atoms with Crippen molar-refractivity contribution in [2.45, 2.75) is 57.8 Å². The second kappa shape index (κ2) is 6.90. The molecule has 0 amide bonds. The van der Waals surface area contributed by atoms with Crippen molar-refractivity contribution in [3.8, 4) is 0 Å². The molecule has 1 aromatic heterocycles. The molecule has 1 aliphatic heterocycles. The van der Waals surface area contributed by atoms with Crippen LogP contribution in [0.5, 0.6) is 0 Å². The number of nitrogens with one attached hydrogen (secondary N) is 1. The van der Waals surface area contributed by atoms with Crippen molar-refractivity contribution in [3.05, 3.63) is 10.6 Å². The summed E-state index contributed by atoms with van der Waals surface area (Å²) in [6.07, 6.45) is 9.20. The van der Waals surface area contributed by atoms with Gasteiger partial charge in [-0.3, -0.25) is 0 Å². The number of rotatable bonds is 5. The van der Waals surface area contributed by atoms with E-state index in [1.807, 2.05) is 11.3 Å². The lowest BCUT2D eigenvalue weighted by Crippen LogP contribution is -2.29. The Hall–Kier alpha value is -0.610. The zero-order chi connectivity index (χ0) is 13.8. The Morgan fingerprint density at radius 3 is 2.90 bits per heavy atom. The predicted octanol–water partition coefficient (Wildman–Crippen LogP) is 3.55. The molecule has 3 nitrogen and oxygen atoms in total. The van der Waals surface area contributed by atoms with E-state index in [4.69, 9.17) is 4.98 Å². The Kier molecular flexibility index (Phi) is 4.94. The largest absolute Gasteiger partial charge is 0.348 e. The fourth-order valence-electron chi connectivity index (χ4n) is 3.37. The Labute approximate surface area is 126 Å². The zero-order valence-electron chi connectivity index (χ0n) is 12.7. The maximum absolute atomic E-state index is 5.04. The van der Waals surface area contributed by atoms with Crippen molar-refractivity contribution in [2.75, 3.05) is 31.1 Å². The summed E-state index contributed by atoms with van der Waals surface area (Å²) < 4.78 is 0. The van der Waals surface area contributed by atoms with E-state index in [-0.39, 0.29) is 0 Å². The van der Waals surface area contributed by atoms with E-state index >= 15 is 0 Å². The van der Waals surface area contributed by atoms with Crippen LogP contribution in [0.1, 0.15) is 61.9 Å². The predicted molar refractivity (Wildman–Crippen MR) is 87.0 cm³/mol. The van der Waals surface area contributed by atoms with E-state index in [2.05, 4.69) is 17.1 Å². The molecular weight excluding hydrogens is 266 g/mol. The van der Waals surface area contributed by atoms with Crippen molar-refractivity contribution in [2.24, 2.45) is 0 Å². The second-order valence-corrected chi connectivity index (χ2v) is 7.21. The smallest absolute Gasteiger partial charge is 0.185 e. The van der Waals surface area contributed by atoms with Gasteiger partial charge in [0, 0.05) is 30.4 Å². The quantitative estimate of drug-likeness (QED) is 0.842. The zero-order valence-corrected chi connectivity index (χ0v) is 13.5. The molecule has 3 rings (SSSR count). The van der Waals surface area contributed by atoms with Gasteiger partial charge in [0.25, 0.3) is 0 Å². The minimum absolute atomic E-state index is 0.653. The van der Waals surface area contributed by atoms with Crippen molar-refractivity contribution >= 4 is 16.5 Å². The molecule has 0 spiro atoms. The van der Waals surface area contributed by atoms with Crippen LogP contribution in [0.2, 0.25) is 0 Å². The van der Waals surface area contributed by atoms with Crippen LogP contribution in [0, 0.1) is 0 Å². The van der Waals surface area contributed by atoms with Crippen molar-refractivity contribution in [1.29, 1.82) is 0 Å². The number of thiazole rings is 1. The number of nitrogens with zero attached hydrogens (tertiary/aromatic N) is 2. The van der Waals surface area contributed by atoms with Gasteiger partial charge in [-0.15, -0.1) is 11.3 Å². The molecule has 0 saturated carbocycles. The van der Waals surface area contributed by atoms with E-state index < -0.39 is 0 Å². The number of piperidine rings is 1. The van der Waals surface area contributed by atoms with Gasteiger partial charge >= 0.3 is 0 Å². The van der Waals surface area contributed by atoms with E-state index in [0.29, 0.717) is 5.92 Å². The summed E-state index contributed by atoms with van der Waals surface area (Å²) in [5.41, 5.74) is 1.42. The molecule has 1 saturated heterocycles. The molecule has 20 heavy (non-hydrogen) atoms. The molecule has 1 fully saturated rings. The van der Waals surface area contributed by atoms with Gasteiger partial charge in [0.1, 0.15) is 0 Å².